The number of rotatable bonds is 3. The topological polar surface area (TPSA) is 54.3 Å². The number of nitrogens with zero attached hydrogens (tertiary/aromatic N) is 2. The molecule has 0 aliphatic carbocycles. The van der Waals surface area contributed by atoms with Crippen LogP contribution in [0.25, 0.3) is 11.8 Å². The summed E-state index contributed by atoms with van der Waals surface area (Å²) < 4.78 is 15.3. The minimum atomic E-state index is -0.534. The van der Waals surface area contributed by atoms with E-state index in [1.165, 1.54) is 17.0 Å². The first-order valence-corrected chi connectivity index (χ1v) is 10.5. The molecule has 0 spiro atoms. The molecule has 1 N–H and O–H groups in total. The number of carbonyl (C=O) groups excluding carboxylic acids is 2. The Morgan fingerprint density at radius 2 is 1.69 bits per heavy atom. The van der Waals surface area contributed by atoms with Crippen LogP contribution in [0, 0.1) is 33.5 Å². The lowest BCUT2D eigenvalue weighted by molar-refractivity contribution is -0.122. The number of aryl methyl sites for hydroxylation is 2. The molecule has 7 heteroatoms. The predicted molar refractivity (Wildman–Crippen MR) is 127 cm³/mol. The van der Waals surface area contributed by atoms with E-state index in [0.717, 1.165) is 33.8 Å². The minimum Gasteiger partial charge on any atom is -0.318 e. The van der Waals surface area contributed by atoms with Crippen molar-refractivity contribution in [3.63, 3.8) is 0 Å². The fraction of sp³-hybridized carbons (Fsp3) is 0.160. The summed E-state index contributed by atoms with van der Waals surface area (Å²) in [6.07, 6.45) is 1.58. The molecule has 1 saturated heterocycles. The highest BCUT2D eigenvalue weighted by Gasteiger charge is 2.35. The monoisotopic (exact) mass is 447 g/mol. The molecule has 3 aromatic rings. The molecule has 0 unspecified atom stereocenters. The molecule has 0 radical (unpaired) electrons. The highest BCUT2D eigenvalue weighted by molar-refractivity contribution is 7.80. The van der Waals surface area contributed by atoms with Crippen molar-refractivity contribution >= 4 is 40.9 Å². The maximum Gasteiger partial charge on any atom is 0.270 e. The molecule has 0 atom stereocenters. The third-order valence-corrected chi connectivity index (χ3v) is 6.06. The number of anilines is 1. The first kappa shape index (κ1) is 21.6. The molecule has 2 aromatic carbocycles. The zero-order valence-electron chi connectivity index (χ0n) is 18.2. The van der Waals surface area contributed by atoms with Gasteiger partial charge < -0.3 is 4.57 Å². The number of carbonyl (C=O) groups is 2. The summed E-state index contributed by atoms with van der Waals surface area (Å²) in [5.74, 6) is -1.32. The zero-order valence-corrected chi connectivity index (χ0v) is 19.0. The summed E-state index contributed by atoms with van der Waals surface area (Å²) in [7, 11) is 0. The van der Waals surface area contributed by atoms with Crippen molar-refractivity contribution in [1.29, 1.82) is 0 Å². The summed E-state index contributed by atoms with van der Waals surface area (Å²) in [5, 5.41) is 2.69. The van der Waals surface area contributed by atoms with Crippen LogP contribution >= 0.6 is 12.2 Å². The van der Waals surface area contributed by atoms with Gasteiger partial charge in [-0.15, -0.1) is 0 Å². The second-order valence-corrected chi connectivity index (χ2v) is 8.20. The van der Waals surface area contributed by atoms with Crippen LogP contribution in [-0.2, 0) is 9.59 Å². The number of aromatic nitrogens is 1. The van der Waals surface area contributed by atoms with Crippen LogP contribution in [0.4, 0.5) is 10.1 Å². The van der Waals surface area contributed by atoms with Crippen LogP contribution in [0.2, 0.25) is 0 Å². The molecule has 0 saturated carbocycles. The third kappa shape index (κ3) is 3.65. The Morgan fingerprint density at radius 1 is 1.00 bits per heavy atom. The third-order valence-electron chi connectivity index (χ3n) is 5.77. The van der Waals surface area contributed by atoms with E-state index < -0.39 is 11.8 Å². The molecule has 0 bridgehead atoms. The fourth-order valence-corrected chi connectivity index (χ4v) is 4.20. The van der Waals surface area contributed by atoms with Gasteiger partial charge in [0.15, 0.2) is 5.11 Å². The molecule has 32 heavy (non-hydrogen) atoms. The van der Waals surface area contributed by atoms with E-state index in [4.69, 9.17) is 12.2 Å². The number of thiocarbonyl (C=S) groups is 1. The number of amides is 2. The Hall–Kier alpha value is -3.58. The number of hydrogen-bond acceptors (Lipinski definition) is 3. The van der Waals surface area contributed by atoms with Gasteiger partial charge in [0.1, 0.15) is 11.4 Å². The normalized spacial score (nSPS) is 15.5. The van der Waals surface area contributed by atoms with E-state index in [-0.39, 0.29) is 16.5 Å². The molecular formula is C25H22FN3O2S. The van der Waals surface area contributed by atoms with E-state index in [0.29, 0.717) is 5.69 Å². The van der Waals surface area contributed by atoms with Gasteiger partial charge in [0.05, 0.1) is 5.69 Å². The Bertz CT molecular complexity index is 1310. The van der Waals surface area contributed by atoms with Crippen LogP contribution in [0.1, 0.15) is 28.1 Å². The van der Waals surface area contributed by atoms with Gasteiger partial charge in [-0.1, -0.05) is 12.1 Å². The average Bonchev–Trinajstić information content (AvgIpc) is 3.02. The quantitative estimate of drug-likeness (QED) is 0.360. The van der Waals surface area contributed by atoms with Crippen molar-refractivity contribution in [2.75, 3.05) is 4.90 Å². The highest BCUT2D eigenvalue weighted by atomic mass is 32.1. The van der Waals surface area contributed by atoms with E-state index >= 15 is 0 Å². The molecule has 1 aliphatic heterocycles. The largest absolute Gasteiger partial charge is 0.318 e. The van der Waals surface area contributed by atoms with Crippen molar-refractivity contribution in [2.45, 2.75) is 27.7 Å². The van der Waals surface area contributed by atoms with Crippen molar-refractivity contribution in [1.82, 2.24) is 9.88 Å². The molecule has 5 nitrogen and oxygen atoms in total. The smallest absolute Gasteiger partial charge is 0.270 e. The summed E-state index contributed by atoms with van der Waals surface area (Å²) in [6.45, 7) is 7.67. The van der Waals surface area contributed by atoms with E-state index in [2.05, 4.69) is 5.32 Å². The molecule has 2 amide bonds. The van der Waals surface area contributed by atoms with E-state index in [9.17, 15) is 14.0 Å². The van der Waals surface area contributed by atoms with Crippen LogP contribution in [-0.4, -0.2) is 21.5 Å². The number of hydrogen-bond donors (Lipinski definition) is 1. The van der Waals surface area contributed by atoms with Gasteiger partial charge in [0.25, 0.3) is 11.8 Å². The van der Waals surface area contributed by atoms with Gasteiger partial charge in [0.2, 0.25) is 0 Å². The maximum atomic E-state index is 13.4. The van der Waals surface area contributed by atoms with Crippen molar-refractivity contribution in [2.24, 2.45) is 0 Å². The minimum absolute atomic E-state index is 0.00105. The first-order chi connectivity index (χ1) is 15.2. The van der Waals surface area contributed by atoms with Crippen molar-refractivity contribution in [3.8, 4) is 5.69 Å². The van der Waals surface area contributed by atoms with Crippen molar-refractivity contribution < 1.29 is 14.0 Å². The van der Waals surface area contributed by atoms with Gasteiger partial charge in [-0.3, -0.25) is 19.8 Å². The van der Waals surface area contributed by atoms with Crippen LogP contribution < -0.4 is 10.2 Å². The van der Waals surface area contributed by atoms with Crippen LogP contribution in [0.3, 0.4) is 0 Å². The van der Waals surface area contributed by atoms with Crippen molar-refractivity contribution in [3.05, 3.63) is 88.0 Å². The molecule has 1 fully saturated rings. The predicted octanol–water partition coefficient (Wildman–Crippen LogP) is 4.68. The molecule has 2 heterocycles. The van der Waals surface area contributed by atoms with E-state index in [1.807, 2.05) is 56.5 Å². The second-order valence-electron chi connectivity index (χ2n) is 7.82. The molecule has 4 rings (SSSR count). The summed E-state index contributed by atoms with van der Waals surface area (Å²) in [6, 6.07) is 13.7. The Labute approximate surface area is 191 Å². The number of nitrogens with one attached hydrogen (secondary N) is 1. The maximum absolute atomic E-state index is 13.4. The second kappa shape index (κ2) is 8.16. The van der Waals surface area contributed by atoms with E-state index in [1.54, 1.807) is 18.2 Å². The summed E-state index contributed by atoms with van der Waals surface area (Å²) in [5.41, 5.74) is 5.81. The van der Waals surface area contributed by atoms with Gasteiger partial charge >= 0.3 is 0 Å². The SMILES string of the molecule is Cc1cccc(N2C(=O)C(=Cc3cc(C)n(-c4ccc(F)cc4)c3C)C(=O)NC2=S)c1C. The van der Waals surface area contributed by atoms with Crippen LogP contribution in [0.5, 0.6) is 0 Å². The lowest BCUT2D eigenvalue weighted by atomic mass is 10.0. The Balaban J connectivity index is 1.78. The number of benzene rings is 2. The van der Waals surface area contributed by atoms with Gasteiger partial charge in [-0.05, 0) is 99.1 Å². The molecule has 1 aliphatic rings. The molecular weight excluding hydrogens is 425 g/mol. The average molecular weight is 448 g/mol. The lowest BCUT2D eigenvalue weighted by Crippen LogP contribution is -2.54. The number of halogens is 1. The Morgan fingerprint density at radius 3 is 2.38 bits per heavy atom. The highest BCUT2D eigenvalue weighted by Crippen LogP contribution is 2.28. The lowest BCUT2D eigenvalue weighted by Gasteiger charge is -2.30. The van der Waals surface area contributed by atoms with Gasteiger partial charge in [0, 0.05) is 17.1 Å². The standard InChI is InChI=1S/C25H22FN3O2S/c1-14-6-5-7-22(16(14)3)29-24(31)21(23(30)27-25(29)32)13-18-12-15(2)28(17(18)4)20-10-8-19(26)9-11-20/h5-13H,1-4H3,(H,27,30,32). The van der Waals surface area contributed by atoms with Crippen LogP contribution in [0.15, 0.2) is 54.1 Å². The Kier molecular flexibility index (Phi) is 5.52. The fourth-order valence-electron chi connectivity index (χ4n) is 3.93. The van der Waals surface area contributed by atoms with Gasteiger partial charge in [-0.25, -0.2) is 4.39 Å². The van der Waals surface area contributed by atoms with Gasteiger partial charge in [-0.2, -0.15) is 0 Å². The summed E-state index contributed by atoms with van der Waals surface area (Å²) >= 11 is 5.32. The molecule has 162 valence electrons. The zero-order chi connectivity index (χ0) is 23.2. The summed E-state index contributed by atoms with van der Waals surface area (Å²) in [4.78, 5) is 27.4. The first-order valence-electron chi connectivity index (χ1n) is 10.1. The molecule has 1 aromatic heterocycles.